The van der Waals surface area contributed by atoms with Gasteiger partial charge in [-0.1, -0.05) is 0 Å². The molecule has 0 radical (unpaired) electrons. The highest BCUT2D eigenvalue weighted by atomic mass is 16.8. The standard InChI is InChI=1S/2C24H42O21.4H2O/c25-1-6-10(28)14(32)17(35)21(41-6)39-3-8-11(29)15(33)18(36)22(42-8)40-4-9-12(30)16(34)19(37)23(43-9)45-24(5-27)20(38)13(31)7(2-26)44-24;25-1-5-9(29)10(30)15(35)22(40-5)44-19-7(3-27)42-24(17(37)12(19)32)45-20-8(4-28)41-23(16(36)13(20)33)43-18-6(2-26)39-21(38)14(34)11(18)31;;;;/h6-23,25-38H,1-5H2;5-38H,1-4H2;4*1H2/t6-,7-,8-,9-,10+,11+,12-,13-,14+,15+,16+,17-,18-,19-,20+,21+,22+,23-,24+;5-,6-,7-,8-,9-,10+,11-,12-,13-,14-,15-,16-,17-,18-,19-,20-,21+,22-,23-,24-;;;;/m11..../s1. The van der Waals surface area contributed by atoms with Gasteiger partial charge in [-0.25, -0.2) is 0 Å². The molecule has 0 aromatic heterocycles. The molecule has 8 fully saturated rings. The smallest absolute Gasteiger partial charge is 0.224 e. The second-order valence-corrected chi connectivity index (χ2v) is 22.4. The molecule has 0 saturated carbocycles. The summed E-state index contributed by atoms with van der Waals surface area (Å²) in [4.78, 5) is 0. The summed E-state index contributed by atoms with van der Waals surface area (Å²) in [6.45, 7) is -7.41. The number of hydrogen-bond acceptors (Lipinski definition) is 42. The number of hydrogen-bond donors (Lipinski definition) is 28. The van der Waals surface area contributed by atoms with E-state index in [1.165, 1.54) is 0 Å². The third-order valence-electron chi connectivity index (χ3n) is 16.5. The van der Waals surface area contributed by atoms with Crippen molar-refractivity contribution < 1.29 is 231 Å². The lowest BCUT2D eigenvalue weighted by Gasteiger charge is -2.49. The molecule has 0 bridgehead atoms. The lowest BCUT2D eigenvalue weighted by Crippen LogP contribution is -2.67. The van der Waals surface area contributed by atoms with Gasteiger partial charge in [0.25, 0.3) is 0 Å². The van der Waals surface area contributed by atoms with Crippen LogP contribution in [0.15, 0.2) is 0 Å². The molecular weight excluding hydrogens is 1310 g/mol. The minimum atomic E-state index is -2.43. The van der Waals surface area contributed by atoms with Crippen LogP contribution in [0.5, 0.6) is 0 Å². The molecule has 0 aliphatic carbocycles. The van der Waals surface area contributed by atoms with Crippen LogP contribution < -0.4 is 0 Å². The summed E-state index contributed by atoms with van der Waals surface area (Å²) in [6.07, 6.45) is -66.6. The largest absolute Gasteiger partial charge is 0.412 e. The molecule has 8 aliphatic rings. The van der Waals surface area contributed by atoms with E-state index in [0.717, 1.165) is 0 Å². The lowest BCUT2D eigenvalue weighted by atomic mass is 9.95. The van der Waals surface area contributed by atoms with Gasteiger partial charge in [0.1, 0.15) is 196 Å². The van der Waals surface area contributed by atoms with Gasteiger partial charge in [-0.2, -0.15) is 0 Å². The quantitative estimate of drug-likeness (QED) is 0.0507. The highest BCUT2D eigenvalue weighted by Crippen LogP contribution is 2.38. The van der Waals surface area contributed by atoms with Crippen molar-refractivity contribution in [1.82, 2.24) is 0 Å². The summed E-state index contributed by atoms with van der Waals surface area (Å²) in [5.74, 6) is -2.43. The van der Waals surface area contributed by atoms with Crippen LogP contribution in [-0.4, -0.2) is 463 Å². The fourth-order valence-electron chi connectivity index (χ4n) is 10.9. The molecule has 8 aliphatic heterocycles. The Bertz CT molecular complexity index is 2130. The van der Waals surface area contributed by atoms with Crippen LogP contribution in [0.1, 0.15) is 0 Å². The molecule has 0 spiro atoms. The highest BCUT2D eigenvalue weighted by Gasteiger charge is 2.60. The zero-order valence-corrected chi connectivity index (χ0v) is 49.0. The predicted octanol–water partition coefficient (Wildman–Crippen LogP) is -22.8. The van der Waals surface area contributed by atoms with Crippen LogP contribution in [0.4, 0.5) is 0 Å². The Hall–Kier alpha value is -1.84. The lowest BCUT2D eigenvalue weighted by molar-refractivity contribution is -0.388. The zero-order chi connectivity index (χ0) is 66.7. The molecule has 46 heteroatoms. The Morgan fingerprint density at radius 1 is 0.255 bits per heavy atom. The van der Waals surface area contributed by atoms with Gasteiger partial charge in [0, 0.05) is 0 Å². The van der Waals surface area contributed by atoms with Crippen LogP contribution in [0, 0.1) is 0 Å². The van der Waals surface area contributed by atoms with Crippen LogP contribution >= 0.6 is 0 Å². The molecular formula is C48H92O46. The van der Waals surface area contributed by atoms with Gasteiger partial charge < -0.3 is 231 Å². The molecule has 0 unspecified atom stereocenters. The van der Waals surface area contributed by atoms with Crippen molar-refractivity contribution in [2.24, 2.45) is 0 Å². The van der Waals surface area contributed by atoms with E-state index in [0.29, 0.717) is 0 Å². The second-order valence-electron chi connectivity index (χ2n) is 22.4. The number of ether oxygens (including phenoxy) is 14. The van der Waals surface area contributed by atoms with Crippen molar-refractivity contribution in [3.63, 3.8) is 0 Å². The predicted molar refractivity (Wildman–Crippen MR) is 282 cm³/mol. The molecule has 8 heterocycles. The Labute approximate surface area is 529 Å². The summed E-state index contributed by atoms with van der Waals surface area (Å²) < 4.78 is 75.3. The molecule has 0 amide bonds. The van der Waals surface area contributed by atoms with Crippen LogP contribution in [-0.2, 0) is 66.3 Å². The number of rotatable bonds is 21. The summed E-state index contributed by atoms with van der Waals surface area (Å²) >= 11 is 0. The van der Waals surface area contributed by atoms with Gasteiger partial charge in [0.15, 0.2) is 44.0 Å². The van der Waals surface area contributed by atoms with Crippen molar-refractivity contribution in [2.45, 2.75) is 239 Å². The van der Waals surface area contributed by atoms with Gasteiger partial charge in [0.05, 0.1) is 52.9 Å². The van der Waals surface area contributed by atoms with Crippen LogP contribution in [0.2, 0.25) is 0 Å². The first kappa shape index (κ1) is 86.4. The van der Waals surface area contributed by atoms with E-state index < -0.39 is 299 Å². The molecule has 36 N–H and O–H groups in total. The van der Waals surface area contributed by atoms with Gasteiger partial charge in [0.2, 0.25) is 5.79 Å². The molecule has 0 aromatic carbocycles. The average Bonchev–Trinajstić information content (AvgIpc) is 1.46. The minimum Gasteiger partial charge on any atom is -0.412 e. The minimum absolute atomic E-state index is 0. The van der Waals surface area contributed by atoms with Gasteiger partial charge >= 0.3 is 0 Å². The van der Waals surface area contributed by atoms with Gasteiger partial charge in [-0.3, -0.25) is 0 Å². The SMILES string of the molecule is O.O.O.O.OC[C@H]1O[C@H](OC[C@H]2O[C@H](OC[C@H]3O[C@H](O[C@]4(CO)O[C@H](CO)[C@@H](O)[C@@H]4O)[C@H](O)[C@@H](O)[C@@H]3O)[C@H](O)[C@@H](O)[C@H]2O)[C@H](O)[C@@H](O)[C@H]1O.OC[C@H]1O[C@H](O[C@H]2[C@H](O)[C@@H](O)[C@@H](O[C@H]3[C@H](O)[C@@H](O)[C@@H](O[C@H]4[C@H](O)[C@@H](O)[C@@H](O)O[C@@H]4CO)O[C@@H]3CO)O[C@@H]2CO)[C@H](O)[C@@H](O)[C@@H]1O. The fourth-order valence-corrected chi connectivity index (χ4v) is 10.9. The summed E-state index contributed by atoms with van der Waals surface area (Å²) in [6, 6.07) is 0. The number of aliphatic hydroxyl groups is 28. The van der Waals surface area contributed by atoms with E-state index in [1.54, 1.807) is 0 Å². The maximum Gasteiger partial charge on any atom is 0.224 e. The molecule has 39 atom stereocenters. The Kier molecular flexibility index (Phi) is 34.2. The first-order valence-corrected chi connectivity index (χ1v) is 28.2. The van der Waals surface area contributed by atoms with Gasteiger partial charge in [-0.15, -0.1) is 0 Å². The topological polar surface area (TPSA) is 822 Å². The Morgan fingerprint density at radius 2 is 0.532 bits per heavy atom. The van der Waals surface area contributed by atoms with E-state index in [9.17, 15) is 143 Å². The first-order chi connectivity index (χ1) is 42.5. The van der Waals surface area contributed by atoms with Crippen molar-refractivity contribution in [1.29, 1.82) is 0 Å². The third-order valence-corrected chi connectivity index (χ3v) is 16.5. The van der Waals surface area contributed by atoms with Crippen molar-refractivity contribution in [3.8, 4) is 0 Å². The molecule has 94 heavy (non-hydrogen) atoms. The maximum atomic E-state index is 10.9. The van der Waals surface area contributed by atoms with Crippen LogP contribution in [0.3, 0.4) is 0 Å². The van der Waals surface area contributed by atoms with Crippen molar-refractivity contribution >= 4 is 0 Å². The molecule has 0 aromatic rings. The maximum absolute atomic E-state index is 10.9. The summed E-state index contributed by atoms with van der Waals surface area (Å²) in [7, 11) is 0. The fraction of sp³-hybridized carbons (Fsp3) is 1.00. The molecule has 46 nitrogen and oxygen atoms in total. The third kappa shape index (κ3) is 18.1. The Morgan fingerprint density at radius 3 is 0.883 bits per heavy atom. The Balaban J connectivity index is 0.000000470. The van der Waals surface area contributed by atoms with E-state index in [-0.39, 0.29) is 21.9 Å². The molecule has 560 valence electrons. The van der Waals surface area contributed by atoms with E-state index in [4.69, 9.17) is 66.3 Å². The molecule has 8 saturated heterocycles. The van der Waals surface area contributed by atoms with Crippen molar-refractivity contribution in [2.75, 3.05) is 59.5 Å². The summed E-state index contributed by atoms with van der Waals surface area (Å²) in [5.41, 5.74) is 0. The van der Waals surface area contributed by atoms with E-state index in [1.807, 2.05) is 0 Å². The summed E-state index contributed by atoms with van der Waals surface area (Å²) in [5, 5.41) is 284. The number of aliphatic hydroxyl groups excluding tert-OH is 28. The van der Waals surface area contributed by atoms with E-state index in [2.05, 4.69) is 0 Å². The van der Waals surface area contributed by atoms with Gasteiger partial charge in [-0.05, 0) is 0 Å². The van der Waals surface area contributed by atoms with E-state index >= 15 is 0 Å². The zero-order valence-electron chi connectivity index (χ0n) is 49.0. The van der Waals surface area contributed by atoms with Crippen molar-refractivity contribution in [3.05, 3.63) is 0 Å². The normalized spacial score (nSPS) is 50.6. The molecule has 8 rings (SSSR count). The second kappa shape index (κ2) is 37.2. The highest BCUT2D eigenvalue weighted by molar-refractivity contribution is 5.01. The first-order valence-electron chi connectivity index (χ1n) is 28.2. The average molecular weight is 1410 g/mol. The van der Waals surface area contributed by atoms with Crippen LogP contribution in [0.25, 0.3) is 0 Å². The monoisotopic (exact) mass is 1400 g/mol.